The third kappa shape index (κ3) is 2.00. The Labute approximate surface area is 98.4 Å². The van der Waals surface area contributed by atoms with Gasteiger partial charge in [0.1, 0.15) is 4.88 Å². The molecule has 0 saturated carbocycles. The highest BCUT2D eigenvalue weighted by Gasteiger charge is 2.31. The zero-order valence-electron chi connectivity index (χ0n) is 9.61. The molecule has 1 heterocycles. The molecule has 1 aromatic heterocycles. The maximum Gasteiger partial charge on any atom is 0.216 e. The molecular weight excluding hydrogens is 224 g/mol. The average molecular weight is 238 g/mol. The largest absolute Gasteiger partial charge is 0.875 e. The van der Waals surface area contributed by atoms with E-state index in [-0.39, 0.29) is 17.0 Å². The lowest BCUT2D eigenvalue weighted by atomic mass is 9.76. The van der Waals surface area contributed by atoms with Gasteiger partial charge in [-0.3, -0.25) is 4.79 Å². The highest BCUT2D eigenvalue weighted by atomic mass is 32.1. The molecule has 0 atom stereocenters. The van der Waals surface area contributed by atoms with Gasteiger partial charge in [-0.1, -0.05) is 18.5 Å². The van der Waals surface area contributed by atoms with E-state index in [1.807, 2.05) is 13.8 Å². The number of aryl methyl sites for hydroxylation is 1. The van der Waals surface area contributed by atoms with E-state index in [1.165, 1.54) is 11.5 Å². The number of allylic oxidation sites excluding steroid dienone is 2. The summed E-state index contributed by atoms with van der Waals surface area (Å²) in [7, 11) is 1.78. The van der Waals surface area contributed by atoms with Crippen LogP contribution in [0.15, 0.2) is 12.0 Å². The minimum Gasteiger partial charge on any atom is -0.875 e. The number of carbonyl (C=O) groups excluding carboxylic acids is 1. The van der Waals surface area contributed by atoms with E-state index < -0.39 is 0 Å². The Bertz CT molecular complexity index is 474. The minimum atomic E-state index is -0.204. The van der Waals surface area contributed by atoms with Gasteiger partial charge < -0.3 is 5.11 Å². The summed E-state index contributed by atoms with van der Waals surface area (Å²) in [6, 6.07) is 0. The molecule has 0 fully saturated rings. The van der Waals surface area contributed by atoms with Crippen molar-refractivity contribution >= 4 is 22.9 Å². The second kappa shape index (κ2) is 3.66. The highest BCUT2D eigenvalue weighted by molar-refractivity contribution is 7.07. The molecule has 1 aromatic rings. The quantitative estimate of drug-likeness (QED) is 0.667. The van der Waals surface area contributed by atoms with Crippen molar-refractivity contribution in [3.8, 4) is 0 Å². The van der Waals surface area contributed by atoms with Gasteiger partial charge in [-0.15, -0.1) is 5.76 Å². The summed E-state index contributed by atoms with van der Waals surface area (Å²) in [4.78, 5) is 12.6. The van der Waals surface area contributed by atoms with E-state index in [2.05, 4.69) is 4.49 Å². The van der Waals surface area contributed by atoms with Crippen LogP contribution in [0.5, 0.6) is 0 Å². The monoisotopic (exact) mass is 238 g/mol. The molecule has 16 heavy (non-hydrogen) atoms. The molecule has 1 aliphatic rings. The molecule has 5 heteroatoms. The lowest BCUT2D eigenvalue weighted by Gasteiger charge is -2.34. The molecule has 0 aromatic carbocycles. The first kappa shape index (κ1) is 11.3. The van der Waals surface area contributed by atoms with Crippen molar-refractivity contribution in [1.29, 1.82) is 0 Å². The van der Waals surface area contributed by atoms with Crippen LogP contribution in [0.3, 0.4) is 0 Å². The lowest BCUT2D eigenvalue weighted by molar-refractivity contribution is -0.722. The Morgan fingerprint density at radius 3 is 2.69 bits per heavy atom. The molecule has 2 rings (SSSR count). The van der Waals surface area contributed by atoms with Gasteiger partial charge in [-0.25, -0.2) is 0 Å². The zero-order valence-corrected chi connectivity index (χ0v) is 10.4. The van der Waals surface area contributed by atoms with Crippen molar-refractivity contribution in [3.63, 3.8) is 0 Å². The molecule has 0 amide bonds. The summed E-state index contributed by atoms with van der Waals surface area (Å²) in [5, 5.41) is 11.9. The second-order valence-corrected chi connectivity index (χ2v) is 5.76. The van der Waals surface area contributed by atoms with Gasteiger partial charge >= 0.3 is 0 Å². The first-order valence-electron chi connectivity index (χ1n) is 5.15. The van der Waals surface area contributed by atoms with Crippen molar-refractivity contribution in [3.05, 3.63) is 16.8 Å². The van der Waals surface area contributed by atoms with E-state index in [0.717, 1.165) is 0 Å². The number of ketones is 1. The van der Waals surface area contributed by atoms with Crippen LogP contribution in [0.25, 0.3) is 5.57 Å². The van der Waals surface area contributed by atoms with Crippen LogP contribution >= 0.6 is 11.5 Å². The Morgan fingerprint density at radius 2 is 2.19 bits per heavy atom. The molecule has 0 aliphatic heterocycles. The molecule has 0 spiro atoms. The van der Waals surface area contributed by atoms with Crippen molar-refractivity contribution in [2.24, 2.45) is 12.5 Å². The number of aromatic nitrogens is 2. The Kier molecular flexibility index (Phi) is 2.58. The van der Waals surface area contributed by atoms with Gasteiger partial charge in [0.15, 0.2) is 12.8 Å². The third-order valence-corrected chi connectivity index (χ3v) is 3.50. The first-order valence-corrected chi connectivity index (χ1v) is 5.93. The van der Waals surface area contributed by atoms with E-state index >= 15 is 0 Å². The number of Topliss-reactive ketones (excluding diaryl/α,β-unsaturated/α-hetero) is 1. The molecule has 0 saturated heterocycles. The first-order chi connectivity index (χ1) is 7.39. The Hall–Kier alpha value is -1.23. The van der Waals surface area contributed by atoms with E-state index in [0.29, 0.717) is 23.3 Å². The predicted octanol–water partition coefficient (Wildman–Crippen LogP) is 0.428. The number of rotatable bonds is 1. The number of hydrogen-bond acceptors (Lipinski definition) is 4. The number of nitrogens with zero attached hydrogens (tertiary/aromatic N) is 2. The summed E-state index contributed by atoms with van der Waals surface area (Å²) in [6.45, 7) is 3.90. The van der Waals surface area contributed by atoms with E-state index in [1.54, 1.807) is 17.9 Å². The fraction of sp³-hybridized carbons (Fsp3) is 0.545. The molecule has 0 radical (unpaired) electrons. The smallest absolute Gasteiger partial charge is 0.216 e. The summed E-state index contributed by atoms with van der Waals surface area (Å²) in [6.07, 6.45) is 2.61. The molecule has 86 valence electrons. The SMILES string of the molecule is C[n+]1cc(C2=C([O-])CC(C)(C)CC2=O)sn1. The van der Waals surface area contributed by atoms with Gasteiger partial charge in [0, 0.05) is 23.5 Å². The van der Waals surface area contributed by atoms with Crippen molar-refractivity contribution in [1.82, 2.24) is 4.49 Å². The van der Waals surface area contributed by atoms with Crippen molar-refractivity contribution in [2.75, 3.05) is 0 Å². The topological polar surface area (TPSA) is 56.9 Å². The molecule has 1 aliphatic carbocycles. The number of carbonyl (C=O) groups is 1. The molecule has 4 nitrogen and oxygen atoms in total. The van der Waals surface area contributed by atoms with E-state index in [9.17, 15) is 9.90 Å². The Morgan fingerprint density at radius 1 is 1.50 bits per heavy atom. The zero-order chi connectivity index (χ0) is 11.9. The third-order valence-electron chi connectivity index (χ3n) is 2.65. The predicted molar refractivity (Wildman–Crippen MR) is 58.2 cm³/mol. The van der Waals surface area contributed by atoms with Gasteiger partial charge in [0.2, 0.25) is 6.20 Å². The standard InChI is InChI=1S/C11H14N2O2S/c1-11(2)4-7(14)10(8(15)5-11)9-6-13(3)12-16-9/h6H,4-5H2,1-3H3. The summed E-state index contributed by atoms with van der Waals surface area (Å²) in [5.74, 6) is -0.101. The number of hydrogen-bond donors (Lipinski definition) is 0. The molecule has 0 bridgehead atoms. The average Bonchev–Trinajstić information content (AvgIpc) is 2.47. The Balaban J connectivity index is 2.44. The maximum absolute atomic E-state index is 11.9. The van der Waals surface area contributed by atoms with E-state index in [4.69, 9.17) is 0 Å². The van der Waals surface area contributed by atoms with Crippen molar-refractivity contribution in [2.45, 2.75) is 26.7 Å². The van der Waals surface area contributed by atoms with Gasteiger partial charge in [0.25, 0.3) is 0 Å². The van der Waals surface area contributed by atoms with Crippen LogP contribution in [-0.2, 0) is 11.8 Å². The summed E-state index contributed by atoms with van der Waals surface area (Å²) < 4.78 is 5.65. The fourth-order valence-electron chi connectivity index (χ4n) is 1.97. The van der Waals surface area contributed by atoms with Crippen molar-refractivity contribution < 1.29 is 14.6 Å². The van der Waals surface area contributed by atoms with Gasteiger partial charge in [-0.05, 0) is 11.8 Å². The second-order valence-electron chi connectivity index (χ2n) is 4.98. The van der Waals surface area contributed by atoms with Gasteiger partial charge in [0.05, 0.1) is 4.49 Å². The molecular formula is C11H14N2O2S. The minimum absolute atomic E-state index is 0.0505. The van der Waals surface area contributed by atoms with Crippen LogP contribution in [0.4, 0.5) is 0 Å². The molecule has 0 N–H and O–H groups in total. The highest BCUT2D eigenvalue weighted by Crippen LogP contribution is 2.38. The van der Waals surface area contributed by atoms with Crippen LogP contribution in [0, 0.1) is 5.41 Å². The van der Waals surface area contributed by atoms with Crippen LogP contribution in [0.2, 0.25) is 0 Å². The summed E-state index contributed by atoms with van der Waals surface area (Å²) >= 11 is 1.20. The summed E-state index contributed by atoms with van der Waals surface area (Å²) in [5.41, 5.74) is 0.141. The molecule has 0 unspecified atom stereocenters. The van der Waals surface area contributed by atoms with Gasteiger partial charge in [-0.2, -0.15) is 0 Å². The normalized spacial score (nSPS) is 20.3. The fourth-order valence-corrected chi connectivity index (χ4v) is 2.76. The van der Waals surface area contributed by atoms with Crippen LogP contribution in [0.1, 0.15) is 31.6 Å². The maximum atomic E-state index is 11.9. The lowest BCUT2D eigenvalue weighted by Crippen LogP contribution is -2.30. The van der Waals surface area contributed by atoms with Crippen LogP contribution < -0.4 is 9.79 Å². The van der Waals surface area contributed by atoms with Crippen LogP contribution in [-0.4, -0.2) is 10.3 Å².